The minimum absolute atomic E-state index is 0. The van der Waals surface area contributed by atoms with Crippen LogP contribution in [0.2, 0.25) is 5.02 Å². The van der Waals surface area contributed by atoms with Crippen LogP contribution in [0.15, 0.2) is 24.4 Å². The van der Waals surface area contributed by atoms with E-state index in [0.717, 1.165) is 10.9 Å². The number of rotatable bonds is 4. The molecular formula is C13H15Cl2NO2. The van der Waals surface area contributed by atoms with Crippen LogP contribution in [0.5, 0.6) is 11.5 Å². The highest BCUT2D eigenvalue weighted by Crippen LogP contribution is 2.34. The first-order valence-electron chi connectivity index (χ1n) is 5.60. The highest BCUT2D eigenvalue weighted by Gasteiger charge is 2.09. The number of benzene rings is 1. The SMILES string of the molecule is CCOc1cc2nccc(Cl)c2cc1OCC.Cl. The van der Waals surface area contributed by atoms with Gasteiger partial charge in [-0.05, 0) is 26.0 Å². The largest absolute Gasteiger partial charge is 0.490 e. The van der Waals surface area contributed by atoms with E-state index in [1.165, 1.54) is 0 Å². The summed E-state index contributed by atoms with van der Waals surface area (Å²) in [4.78, 5) is 4.27. The Morgan fingerprint density at radius 3 is 2.33 bits per heavy atom. The summed E-state index contributed by atoms with van der Waals surface area (Å²) in [5.41, 5.74) is 0.810. The van der Waals surface area contributed by atoms with Crippen LogP contribution in [0, 0.1) is 0 Å². The van der Waals surface area contributed by atoms with Gasteiger partial charge < -0.3 is 9.47 Å². The predicted octanol–water partition coefficient (Wildman–Crippen LogP) is 4.11. The molecule has 0 atom stereocenters. The number of aromatic nitrogens is 1. The highest BCUT2D eigenvalue weighted by molar-refractivity contribution is 6.35. The summed E-state index contributed by atoms with van der Waals surface area (Å²) in [6.07, 6.45) is 1.68. The van der Waals surface area contributed by atoms with E-state index in [-0.39, 0.29) is 12.4 Å². The molecule has 0 N–H and O–H groups in total. The molecule has 98 valence electrons. The summed E-state index contributed by atoms with van der Waals surface area (Å²) in [7, 11) is 0. The Morgan fingerprint density at radius 1 is 1.11 bits per heavy atom. The number of nitrogens with zero attached hydrogens (tertiary/aromatic N) is 1. The second-order valence-corrected chi connectivity index (χ2v) is 3.88. The summed E-state index contributed by atoms with van der Waals surface area (Å²) >= 11 is 6.12. The average molecular weight is 288 g/mol. The summed E-state index contributed by atoms with van der Waals surface area (Å²) in [5, 5.41) is 1.54. The minimum Gasteiger partial charge on any atom is -0.490 e. The quantitative estimate of drug-likeness (QED) is 0.848. The second-order valence-electron chi connectivity index (χ2n) is 3.47. The molecule has 5 heteroatoms. The van der Waals surface area contributed by atoms with Crippen LogP contribution in [0.25, 0.3) is 10.9 Å². The van der Waals surface area contributed by atoms with E-state index in [1.807, 2.05) is 26.0 Å². The fraction of sp³-hybridized carbons (Fsp3) is 0.308. The van der Waals surface area contributed by atoms with Crippen molar-refractivity contribution in [3.05, 3.63) is 29.4 Å². The molecule has 0 fully saturated rings. The van der Waals surface area contributed by atoms with Crippen LogP contribution >= 0.6 is 24.0 Å². The molecule has 3 nitrogen and oxygen atoms in total. The summed E-state index contributed by atoms with van der Waals surface area (Å²) < 4.78 is 11.1. The third-order valence-corrected chi connectivity index (χ3v) is 2.68. The fourth-order valence-electron chi connectivity index (χ4n) is 1.66. The van der Waals surface area contributed by atoms with E-state index in [4.69, 9.17) is 21.1 Å². The zero-order chi connectivity index (χ0) is 12.3. The number of hydrogen-bond acceptors (Lipinski definition) is 3. The lowest BCUT2D eigenvalue weighted by Gasteiger charge is -2.12. The van der Waals surface area contributed by atoms with Gasteiger partial charge in [0, 0.05) is 17.6 Å². The summed E-state index contributed by atoms with van der Waals surface area (Å²) in [6.45, 7) is 5.05. The van der Waals surface area contributed by atoms with Crippen molar-refractivity contribution in [1.82, 2.24) is 4.98 Å². The van der Waals surface area contributed by atoms with E-state index in [9.17, 15) is 0 Å². The average Bonchev–Trinajstić information content (AvgIpc) is 2.32. The third-order valence-electron chi connectivity index (χ3n) is 2.35. The first-order valence-corrected chi connectivity index (χ1v) is 5.98. The van der Waals surface area contributed by atoms with E-state index in [0.29, 0.717) is 29.7 Å². The van der Waals surface area contributed by atoms with Gasteiger partial charge in [-0.1, -0.05) is 11.6 Å². The zero-order valence-corrected chi connectivity index (χ0v) is 11.8. The Bertz CT molecular complexity index is 532. The van der Waals surface area contributed by atoms with E-state index < -0.39 is 0 Å². The van der Waals surface area contributed by atoms with Crippen LogP contribution in [0.1, 0.15) is 13.8 Å². The van der Waals surface area contributed by atoms with Crippen molar-refractivity contribution >= 4 is 34.9 Å². The Labute approximate surface area is 117 Å². The monoisotopic (exact) mass is 287 g/mol. The minimum atomic E-state index is 0. The van der Waals surface area contributed by atoms with Gasteiger partial charge in [0.15, 0.2) is 11.5 Å². The van der Waals surface area contributed by atoms with Crippen molar-refractivity contribution in [2.24, 2.45) is 0 Å². The van der Waals surface area contributed by atoms with Gasteiger partial charge in [-0.3, -0.25) is 4.98 Å². The van der Waals surface area contributed by atoms with Crippen molar-refractivity contribution < 1.29 is 9.47 Å². The lowest BCUT2D eigenvalue weighted by Crippen LogP contribution is -1.98. The van der Waals surface area contributed by atoms with Gasteiger partial charge in [0.2, 0.25) is 0 Å². The van der Waals surface area contributed by atoms with Crippen LogP contribution < -0.4 is 9.47 Å². The Kier molecular flexibility index (Phi) is 5.51. The molecule has 0 bridgehead atoms. The van der Waals surface area contributed by atoms with Crippen molar-refractivity contribution in [3.63, 3.8) is 0 Å². The molecule has 2 aromatic rings. The molecule has 2 rings (SSSR count). The Hall–Kier alpha value is -1.19. The number of fused-ring (bicyclic) bond motifs is 1. The molecule has 1 aromatic carbocycles. The molecule has 0 radical (unpaired) electrons. The van der Waals surface area contributed by atoms with Crippen LogP contribution in [0.3, 0.4) is 0 Å². The van der Waals surface area contributed by atoms with Gasteiger partial charge in [0.05, 0.1) is 23.8 Å². The van der Waals surface area contributed by atoms with Gasteiger partial charge in [0.25, 0.3) is 0 Å². The molecule has 1 aromatic heterocycles. The van der Waals surface area contributed by atoms with Crippen molar-refractivity contribution in [2.75, 3.05) is 13.2 Å². The molecule has 0 amide bonds. The van der Waals surface area contributed by atoms with E-state index in [2.05, 4.69) is 4.98 Å². The number of hydrogen-bond donors (Lipinski definition) is 0. The first kappa shape index (κ1) is 14.9. The topological polar surface area (TPSA) is 31.4 Å². The van der Waals surface area contributed by atoms with Crippen molar-refractivity contribution in [3.8, 4) is 11.5 Å². The normalized spacial score (nSPS) is 9.94. The Morgan fingerprint density at radius 2 is 1.72 bits per heavy atom. The number of halogens is 2. The number of ether oxygens (including phenoxy) is 2. The second kappa shape index (κ2) is 6.66. The zero-order valence-electron chi connectivity index (χ0n) is 10.3. The van der Waals surface area contributed by atoms with Crippen LogP contribution in [0.4, 0.5) is 0 Å². The molecule has 0 aliphatic carbocycles. The molecular weight excluding hydrogens is 273 g/mol. The molecule has 18 heavy (non-hydrogen) atoms. The van der Waals surface area contributed by atoms with Crippen LogP contribution in [-0.4, -0.2) is 18.2 Å². The lowest BCUT2D eigenvalue weighted by atomic mass is 10.2. The summed E-state index contributed by atoms with van der Waals surface area (Å²) in [6, 6.07) is 5.49. The predicted molar refractivity (Wildman–Crippen MR) is 76.3 cm³/mol. The molecule has 0 aliphatic heterocycles. The molecule has 1 heterocycles. The molecule has 0 saturated heterocycles. The molecule has 0 spiro atoms. The maximum Gasteiger partial charge on any atom is 0.163 e. The smallest absolute Gasteiger partial charge is 0.163 e. The van der Waals surface area contributed by atoms with Gasteiger partial charge in [0.1, 0.15) is 0 Å². The number of pyridine rings is 1. The van der Waals surface area contributed by atoms with E-state index in [1.54, 1.807) is 12.3 Å². The highest BCUT2D eigenvalue weighted by atomic mass is 35.5. The van der Waals surface area contributed by atoms with Gasteiger partial charge in [-0.2, -0.15) is 0 Å². The van der Waals surface area contributed by atoms with Crippen molar-refractivity contribution in [1.29, 1.82) is 0 Å². The molecule has 0 aliphatic rings. The third kappa shape index (κ3) is 2.98. The summed E-state index contributed by atoms with van der Waals surface area (Å²) in [5.74, 6) is 1.41. The molecule has 0 unspecified atom stereocenters. The lowest BCUT2D eigenvalue weighted by molar-refractivity contribution is 0.288. The van der Waals surface area contributed by atoms with Gasteiger partial charge in [-0.15, -0.1) is 12.4 Å². The first-order chi connectivity index (χ1) is 8.26. The fourth-order valence-corrected chi connectivity index (χ4v) is 1.86. The standard InChI is InChI=1S/C13H14ClNO2.ClH/c1-3-16-12-7-9-10(14)5-6-15-11(9)8-13(12)17-4-2;/h5-8H,3-4H2,1-2H3;1H. The van der Waals surface area contributed by atoms with E-state index >= 15 is 0 Å². The molecule has 0 saturated carbocycles. The maximum atomic E-state index is 6.12. The van der Waals surface area contributed by atoms with Gasteiger partial charge in [-0.25, -0.2) is 0 Å². The van der Waals surface area contributed by atoms with Crippen LogP contribution in [-0.2, 0) is 0 Å². The van der Waals surface area contributed by atoms with Crippen molar-refractivity contribution in [2.45, 2.75) is 13.8 Å². The maximum absolute atomic E-state index is 6.12. The Balaban J connectivity index is 0.00000162. The van der Waals surface area contributed by atoms with Gasteiger partial charge >= 0.3 is 0 Å².